The zero-order chi connectivity index (χ0) is 8.81. The molecule has 1 fully saturated rings. The van der Waals surface area contributed by atoms with Crippen LogP contribution in [0.15, 0.2) is 12.2 Å². The zero-order valence-electron chi connectivity index (χ0n) is 8.14. The second-order valence-corrected chi connectivity index (χ2v) is 3.26. The summed E-state index contributed by atoms with van der Waals surface area (Å²) in [7, 11) is 2.16. The molecule has 1 aliphatic heterocycles. The molecule has 0 aliphatic carbocycles. The molecule has 1 aliphatic rings. The van der Waals surface area contributed by atoms with E-state index in [2.05, 4.69) is 36.0 Å². The fraction of sp³-hybridized carbons (Fsp3) is 0.700. The summed E-state index contributed by atoms with van der Waals surface area (Å²) >= 11 is 0. The summed E-state index contributed by atoms with van der Waals surface area (Å²) in [5.74, 6) is 1.42. The van der Waals surface area contributed by atoms with Crippen LogP contribution in [0.1, 0.15) is 26.2 Å². The topological polar surface area (TPSA) is 15.0 Å². The van der Waals surface area contributed by atoms with Gasteiger partial charge in [0.25, 0.3) is 0 Å². The molecule has 0 radical (unpaired) electrons. The molecular weight excluding hydrogens is 148 g/mol. The van der Waals surface area contributed by atoms with Gasteiger partial charge in [0.1, 0.15) is 0 Å². The molecule has 0 unspecified atom stereocenters. The first-order valence-electron chi connectivity index (χ1n) is 4.76. The van der Waals surface area contributed by atoms with Gasteiger partial charge in [0.2, 0.25) is 5.84 Å². The minimum Gasteiger partial charge on any atom is -0.278 e. The Labute approximate surface area is 75.0 Å². The van der Waals surface area contributed by atoms with Gasteiger partial charge in [-0.2, -0.15) is 0 Å². The molecule has 1 N–H and O–H groups in total. The highest BCUT2D eigenvalue weighted by Crippen LogP contribution is 1.98. The molecule has 0 aromatic rings. The van der Waals surface area contributed by atoms with Crippen LogP contribution < -0.4 is 5.32 Å². The van der Waals surface area contributed by atoms with Gasteiger partial charge < -0.3 is 0 Å². The Morgan fingerprint density at radius 1 is 1.58 bits per heavy atom. The summed E-state index contributed by atoms with van der Waals surface area (Å²) < 4.78 is 2.33. The Morgan fingerprint density at radius 2 is 2.42 bits per heavy atom. The van der Waals surface area contributed by atoms with Crippen LogP contribution >= 0.6 is 0 Å². The van der Waals surface area contributed by atoms with E-state index in [-0.39, 0.29) is 0 Å². The molecule has 0 spiro atoms. The van der Waals surface area contributed by atoms with Crippen molar-refractivity contribution in [3.63, 3.8) is 0 Å². The number of hydrogen-bond acceptors (Lipinski definition) is 0. The lowest BCUT2D eigenvalue weighted by Gasteiger charge is -2.01. The van der Waals surface area contributed by atoms with Crippen LogP contribution in [-0.2, 0) is 0 Å². The van der Waals surface area contributed by atoms with Crippen molar-refractivity contribution in [1.82, 2.24) is 5.32 Å². The van der Waals surface area contributed by atoms with Crippen LogP contribution in [0.25, 0.3) is 0 Å². The van der Waals surface area contributed by atoms with Crippen LogP contribution in [0.5, 0.6) is 0 Å². The molecule has 1 rings (SSSR count). The van der Waals surface area contributed by atoms with Gasteiger partial charge in [0.15, 0.2) is 0 Å². The lowest BCUT2D eigenvalue weighted by atomic mass is 10.3. The Morgan fingerprint density at radius 3 is 3.00 bits per heavy atom. The minimum absolute atomic E-state index is 1.13. The van der Waals surface area contributed by atoms with Gasteiger partial charge in [-0.3, -0.25) is 9.89 Å². The first-order chi connectivity index (χ1) is 5.84. The first kappa shape index (κ1) is 9.30. The van der Waals surface area contributed by atoms with E-state index in [1.807, 2.05) is 0 Å². The van der Waals surface area contributed by atoms with Crippen LogP contribution in [0.3, 0.4) is 0 Å². The van der Waals surface area contributed by atoms with Crippen molar-refractivity contribution in [2.24, 2.45) is 0 Å². The normalized spacial score (nSPS) is 21.5. The average molecular weight is 167 g/mol. The van der Waals surface area contributed by atoms with E-state index in [1.54, 1.807) is 0 Å². The molecule has 0 aromatic heterocycles. The number of nitrogens with zero attached hydrogens (tertiary/aromatic N) is 1. The van der Waals surface area contributed by atoms with Crippen LogP contribution in [0.4, 0.5) is 0 Å². The predicted octanol–water partition coefficient (Wildman–Crippen LogP) is 1.38. The fourth-order valence-electron chi connectivity index (χ4n) is 1.47. The number of allylic oxidation sites excluding steroid dienone is 1. The van der Waals surface area contributed by atoms with E-state index >= 15 is 0 Å². The van der Waals surface area contributed by atoms with Crippen molar-refractivity contribution in [3.05, 3.63) is 12.2 Å². The smallest absolute Gasteiger partial charge is 0.244 e. The Kier molecular flexibility index (Phi) is 3.85. The third-order valence-electron chi connectivity index (χ3n) is 2.25. The van der Waals surface area contributed by atoms with Crippen molar-refractivity contribution in [2.45, 2.75) is 26.2 Å². The highest BCUT2D eigenvalue weighted by atomic mass is 15.1. The second-order valence-electron chi connectivity index (χ2n) is 3.26. The number of amidine groups is 1. The van der Waals surface area contributed by atoms with Gasteiger partial charge in [0.05, 0.1) is 26.6 Å². The van der Waals surface area contributed by atoms with Crippen LogP contribution in [0, 0.1) is 0 Å². The summed E-state index contributed by atoms with van der Waals surface area (Å²) in [5, 5.41) is 3.40. The molecule has 0 atom stereocenters. The summed E-state index contributed by atoms with van der Waals surface area (Å²) in [6.45, 7) is 4.36. The third-order valence-corrected chi connectivity index (χ3v) is 2.25. The van der Waals surface area contributed by atoms with Crippen molar-refractivity contribution < 1.29 is 4.58 Å². The Hall–Kier alpha value is -0.790. The van der Waals surface area contributed by atoms with E-state index in [4.69, 9.17) is 0 Å². The van der Waals surface area contributed by atoms with Crippen LogP contribution in [-0.4, -0.2) is 30.5 Å². The molecule has 0 saturated carbocycles. The highest BCUT2D eigenvalue weighted by molar-refractivity contribution is 5.78. The summed E-state index contributed by atoms with van der Waals surface area (Å²) in [5.41, 5.74) is 0. The van der Waals surface area contributed by atoms with E-state index in [9.17, 15) is 0 Å². The summed E-state index contributed by atoms with van der Waals surface area (Å²) in [4.78, 5) is 0. The molecule has 2 heteroatoms. The van der Waals surface area contributed by atoms with Crippen molar-refractivity contribution in [1.29, 1.82) is 0 Å². The van der Waals surface area contributed by atoms with E-state index in [0.29, 0.717) is 0 Å². The Bertz CT molecular complexity index is 184. The molecule has 0 amide bonds. The Balaban J connectivity index is 2.34. The standard InChI is InChI=1S/C10H18N2/c1-3-4-5-9-12(2)10-7-6-8-11-10/h3-4H,5-9H2,1-2H3/p+1. The lowest BCUT2D eigenvalue weighted by Crippen LogP contribution is -2.26. The van der Waals surface area contributed by atoms with Crippen molar-refractivity contribution in [3.8, 4) is 0 Å². The molecule has 12 heavy (non-hydrogen) atoms. The molecule has 0 bridgehead atoms. The third kappa shape index (κ3) is 2.68. The van der Waals surface area contributed by atoms with E-state index in [1.165, 1.54) is 18.7 Å². The maximum Gasteiger partial charge on any atom is 0.244 e. The molecule has 68 valence electrons. The number of nitrogens with one attached hydrogen (secondary N) is 1. The summed E-state index contributed by atoms with van der Waals surface area (Å²) in [6, 6.07) is 0. The predicted molar refractivity (Wildman–Crippen MR) is 52.7 cm³/mol. The van der Waals surface area contributed by atoms with Crippen LogP contribution in [0.2, 0.25) is 0 Å². The first-order valence-corrected chi connectivity index (χ1v) is 4.76. The van der Waals surface area contributed by atoms with E-state index in [0.717, 1.165) is 19.5 Å². The molecular formula is C10H19N2+. The monoisotopic (exact) mass is 167 g/mol. The second kappa shape index (κ2) is 4.96. The lowest BCUT2D eigenvalue weighted by molar-refractivity contribution is -0.499. The number of rotatable bonds is 3. The maximum atomic E-state index is 3.40. The van der Waals surface area contributed by atoms with Gasteiger partial charge in [-0.15, -0.1) is 0 Å². The van der Waals surface area contributed by atoms with Gasteiger partial charge in [0, 0.05) is 6.42 Å². The minimum atomic E-state index is 1.13. The van der Waals surface area contributed by atoms with Gasteiger partial charge in [-0.05, 0) is 13.3 Å². The van der Waals surface area contributed by atoms with E-state index < -0.39 is 0 Å². The number of hydrogen-bond donors (Lipinski definition) is 1. The maximum absolute atomic E-state index is 3.40. The SMILES string of the molecule is CC=CCC[N+](C)=C1CCCN1. The van der Waals surface area contributed by atoms with Gasteiger partial charge >= 0.3 is 0 Å². The van der Waals surface area contributed by atoms with Crippen molar-refractivity contribution >= 4 is 5.84 Å². The largest absolute Gasteiger partial charge is 0.278 e. The average Bonchev–Trinajstić information content (AvgIpc) is 2.56. The quantitative estimate of drug-likeness (QED) is 0.495. The fourth-order valence-corrected chi connectivity index (χ4v) is 1.47. The highest BCUT2D eigenvalue weighted by Gasteiger charge is 2.15. The molecule has 1 heterocycles. The van der Waals surface area contributed by atoms with Gasteiger partial charge in [-0.1, -0.05) is 12.2 Å². The molecule has 1 saturated heterocycles. The molecule has 0 aromatic carbocycles. The zero-order valence-corrected chi connectivity index (χ0v) is 8.14. The van der Waals surface area contributed by atoms with Crippen molar-refractivity contribution in [2.75, 3.05) is 20.1 Å². The molecule has 2 nitrogen and oxygen atoms in total. The summed E-state index contributed by atoms with van der Waals surface area (Å²) in [6.07, 6.45) is 8.00. The van der Waals surface area contributed by atoms with Gasteiger partial charge in [-0.25, -0.2) is 0 Å².